The second-order valence-corrected chi connectivity index (χ2v) is 14.8. The zero-order valence-electron chi connectivity index (χ0n) is 32.1. The van der Waals surface area contributed by atoms with Crippen LogP contribution in [0.1, 0.15) is 62.5 Å². The number of likely N-dealkylation sites (N-methyl/N-ethyl adjacent to an activating group) is 1. The van der Waals surface area contributed by atoms with Crippen LogP contribution in [0.2, 0.25) is 0 Å². The van der Waals surface area contributed by atoms with Gasteiger partial charge in [0.05, 0.1) is 46.6 Å². The average molecular weight is 747 g/mol. The molecule has 12 nitrogen and oxygen atoms in total. The van der Waals surface area contributed by atoms with E-state index in [4.69, 9.17) is 23.7 Å². The summed E-state index contributed by atoms with van der Waals surface area (Å²) in [6.45, 7) is 3.82. The van der Waals surface area contributed by atoms with Gasteiger partial charge in [0.1, 0.15) is 24.1 Å². The number of hydrogen-bond donors (Lipinski definition) is 3. The van der Waals surface area contributed by atoms with E-state index in [0.29, 0.717) is 52.3 Å². The number of phenols is 2. The molecule has 4 aromatic rings. The summed E-state index contributed by atoms with van der Waals surface area (Å²) in [6, 6.07) is 16.3. The van der Waals surface area contributed by atoms with Crippen molar-refractivity contribution in [3.63, 3.8) is 0 Å². The van der Waals surface area contributed by atoms with Crippen molar-refractivity contribution in [2.75, 3.05) is 48.6 Å². The molecule has 0 saturated carbocycles. The van der Waals surface area contributed by atoms with Gasteiger partial charge in [-0.25, -0.2) is 4.79 Å². The van der Waals surface area contributed by atoms with Crippen molar-refractivity contribution in [2.45, 2.75) is 62.8 Å². The molecule has 3 aliphatic heterocycles. The molecular formula is C43H46N4O8. The standard InChI is InChI=1S/C43H46N4O8/c1-21-39(51-4)27-17-31-36-35-28(40(52-5)22(2)42(54-7)38(35)49)16-30(46(36)3)32(18-44)47(31)33(34(27)37(48)41(21)53-6)19-45-43(50)55-20-29-25-14-10-8-12-23(25)24-13-9-11-15-26(24)29/h8-15,29-33,36,48-49H,16-17,19-20H2,1-7H3,(H,45,50)/t30-,31-,32-,33-,36-/m0/s1. The largest absolute Gasteiger partial charge is 0.504 e. The summed E-state index contributed by atoms with van der Waals surface area (Å²) in [5, 5.41) is 37.9. The average Bonchev–Trinajstić information content (AvgIpc) is 3.50. The van der Waals surface area contributed by atoms with E-state index < -0.39 is 30.3 Å². The lowest BCUT2D eigenvalue weighted by molar-refractivity contribution is -0.0726. The van der Waals surface area contributed by atoms with Crippen molar-refractivity contribution in [3.8, 4) is 51.7 Å². The topological polar surface area (TPSA) is 146 Å². The minimum absolute atomic E-state index is 0.00379. The summed E-state index contributed by atoms with van der Waals surface area (Å²) in [5.74, 6) is 1.60. The van der Waals surface area contributed by atoms with Crippen molar-refractivity contribution in [3.05, 3.63) is 93.0 Å². The van der Waals surface area contributed by atoms with E-state index >= 15 is 0 Å². The molecule has 0 aromatic heterocycles. The Kier molecular flexibility index (Phi) is 9.18. The summed E-state index contributed by atoms with van der Waals surface area (Å²) in [6.07, 6.45) is 0.152. The van der Waals surface area contributed by atoms with Gasteiger partial charge in [0.2, 0.25) is 0 Å². The third kappa shape index (κ3) is 5.28. The molecule has 55 heavy (non-hydrogen) atoms. The first-order valence-corrected chi connectivity index (χ1v) is 18.5. The number of methoxy groups -OCH3 is 4. The minimum atomic E-state index is -0.709. The van der Waals surface area contributed by atoms with Crippen molar-refractivity contribution < 1.29 is 38.7 Å². The van der Waals surface area contributed by atoms with E-state index in [1.165, 1.54) is 14.2 Å². The number of rotatable bonds is 8. The van der Waals surface area contributed by atoms with Gasteiger partial charge in [-0.2, -0.15) is 5.26 Å². The van der Waals surface area contributed by atoms with Crippen LogP contribution >= 0.6 is 0 Å². The Morgan fingerprint density at radius 2 is 1.31 bits per heavy atom. The highest BCUT2D eigenvalue weighted by molar-refractivity contribution is 5.79. The summed E-state index contributed by atoms with van der Waals surface area (Å²) in [5.41, 5.74) is 8.54. The predicted molar refractivity (Wildman–Crippen MR) is 204 cm³/mol. The summed E-state index contributed by atoms with van der Waals surface area (Å²) >= 11 is 0. The van der Waals surface area contributed by atoms with Crippen LogP contribution in [0, 0.1) is 25.2 Å². The Hall–Kier alpha value is -5.64. The number of hydrogen-bond acceptors (Lipinski definition) is 11. The maximum atomic E-state index is 13.7. The van der Waals surface area contributed by atoms with Gasteiger partial charge in [-0.15, -0.1) is 0 Å². The molecule has 1 fully saturated rings. The molecule has 0 radical (unpaired) electrons. The van der Waals surface area contributed by atoms with Gasteiger partial charge in [0.25, 0.3) is 0 Å². The van der Waals surface area contributed by atoms with Crippen LogP contribution in [0.3, 0.4) is 0 Å². The molecule has 0 spiro atoms. The summed E-state index contributed by atoms with van der Waals surface area (Å²) in [7, 11) is 8.17. The molecule has 1 amide bonds. The Labute approximate surface area is 320 Å². The number of nitrogens with one attached hydrogen (secondary N) is 1. The van der Waals surface area contributed by atoms with Gasteiger partial charge in [0.15, 0.2) is 23.0 Å². The molecule has 3 heterocycles. The molecule has 3 N–H and O–H groups in total. The van der Waals surface area contributed by atoms with E-state index in [2.05, 4.69) is 45.5 Å². The SMILES string of the molecule is COc1c(C)c(OC)c2c(c1O)[C@@H]1[C@@H]3Cc4c(OC)c(C)c(OC)c(O)c4[C@H](CNC(=O)OCC4c5ccccc5-c5ccccc54)N3[C@@H](C#N)[C@H](C2)N1C. The second kappa shape index (κ2) is 13.9. The van der Waals surface area contributed by atoms with E-state index in [-0.39, 0.29) is 42.4 Å². The highest BCUT2D eigenvalue weighted by Crippen LogP contribution is 2.59. The first-order valence-electron chi connectivity index (χ1n) is 18.5. The highest BCUT2D eigenvalue weighted by Gasteiger charge is 2.57. The number of nitrogens with zero attached hydrogens (tertiary/aromatic N) is 3. The smallest absolute Gasteiger partial charge is 0.407 e. The van der Waals surface area contributed by atoms with E-state index in [9.17, 15) is 20.3 Å². The lowest BCUT2D eigenvalue weighted by Crippen LogP contribution is -2.68. The Morgan fingerprint density at radius 1 is 0.800 bits per heavy atom. The summed E-state index contributed by atoms with van der Waals surface area (Å²) < 4.78 is 29.4. The molecule has 1 aliphatic carbocycles. The molecule has 8 rings (SSSR count). The Bertz CT molecular complexity index is 2210. The number of nitriles is 1. The van der Waals surface area contributed by atoms with Crippen LogP contribution in [-0.2, 0) is 17.6 Å². The lowest BCUT2D eigenvalue weighted by atomic mass is 9.71. The van der Waals surface area contributed by atoms with E-state index in [0.717, 1.165) is 33.4 Å². The Balaban J connectivity index is 1.20. The first kappa shape index (κ1) is 36.3. The molecule has 4 aliphatic rings. The van der Waals surface area contributed by atoms with E-state index in [1.807, 2.05) is 45.2 Å². The van der Waals surface area contributed by atoms with Gasteiger partial charge in [-0.05, 0) is 56.0 Å². The fraction of sp³-hybridized carbons (Fsp3) is 0.395. The third-order valence-electron chi connectivity index (χ3n) is 12.4. The number of phenolic OH excluding ortho intramolecular Hbond substituents is 2. The number of amides is 1. The fourth-order valence-corrected chi connectivity index (χ4v) is 10.2. The van der Waals surface area contributed by atoms with Crippen molar-refractivity contribution >= 4 is 6.09 Å². The molecule has 12 heteroatoms. The van der Waals surface area contributed by atoms with Gasteiger partial charge < -0.3 is 39.2 Å². The number of carbonyl (C=O) groups is 1. The van der Waals surface area contributed by atoms with Crippen LogP contribution in [-0.4, -0.2) is 92.9 Å². The molecule has 2 bridgehead atoms. The van der Waals surface area contributed by atoms with Crippen LogP contribution < -0.4 is 24.3 Å². The van der Waals surface area contributed by atoms with Gasteiger partial charge >= 0.3 is 6.09 Å². The number of piperazine rings is 1. The van der Waals surface area contributed by atoms with E-state index in [1.54, 1.807) is 14.2 Å². The number of fused-ring (bicyclic) bond motifs is 10. The lowest BCUT2D eigenvalue weighted by Gasteiger charge is -2.60. The minimum Gasteiger partial charge on any atom is -0.504 e. The third-order valence-corrected chi connectivity index (χ3v) is 12.4. The highest BCUT2D eigenvalue weighted by atomic mass is 16.5. The van der Waals surface area contributed by atoms with Crippen molar-refractivity contribution in [1.82, 2.24) is 15.1 Å². The number of aromatic hydroxyl groups is 2. The maximum absolute atomic E-state index is 13.7. The predicted octanol–water partition coefficient (Wildman–Crippen LogP) is 6.06. The van der Waals surface area contributed by atoms with Crippen LogP contribution in [0.25, 0.3) is 11.1 Å². The maximum Gasteiger partial charge on any atom is 0.407 e. The zero-order chi connectivity index (χ0) is 38.9. The monoisotopic (exact) mass is 746 g/mol. The quantitative estimate of drug-likeness (QED) is 0.194. The second-order valence-electron chi connectivity index (χ2n) is 14.8. The molecule has 4 aromatic carbocycles. The van der Waals surface area contributed by atoms with Crippen LogP contribution in [0.15, 0.2) is 48.5 Å². The first-order chi connectivity index (χ1) is 26.6. The van der Waals surface area contributed by atoms with Crippen molar-refractivity contribution in [2.24, 2.45) is 0 Å². The normalized spacial score (nSPS) is 22.3. The zero-order valence-corrected chi connectivity index (χ0v) is 32.1. The van der Waals surface area contributed by atoms with Crippen LogP contribution in [0.4, 0.5) is 4.79 Å². The summed E-state index contributed by atoms with van der Waals surface area (Å²) in [4.78, 5) is 18.0. The number of carbonyl (C=O) groups excluding carboxylic acids is 1. The molecular weight excluding hydrogens is 700 g/mol. The number of ether oxygens (including phenoxy) is 5. The van der Waals surface area contributed by atoms with Gasteiger partial charge in [-0.1, -0.05) is 48.5 Å². The fourth-order valence-electron chi connectivity index (χ4n) is 10.2. The molecule has 5 atom stereocenters. The molecule has 1 saturated heterocycles. The van der Waals surface area contributed by atoms with Crippen molar-refractivity contribution in [1.29, 1.82) is 5.26 Å². The molecule has 286 valence electrons. The number of benzene rings is 4. The number of alkyl carbamates (subject to hydrolysis) is 1. The Morgan fingerprint density at radius 3 is 1.85 bits per heavy atom. The molecule has 0 unspecified atom stereocenters. The van der Waals surface area contributed by atoms with Gasteiger partial charge in [0, 0.05) is 57.9 Å². The van der Waals surface area contributed by atoms with Crippen LogP contribution in [0.5, 0.6) is 34.5 Å². The van der Waals surface area contributed by atoms with Gasteiger partial charge in [-0.3, -0.25) is 9.80 Å².